The van der Waals surface area contributed by atoms with Crippen LogP contribution in [0, 0.1) is 0 Å². The second kappa shape index (κ2) is 37.0. The number of carbonyl (C=O) groups is 2. The third-order valence-corrected chi connectivity index (χ3v) is 12.6. The monoisotopic (exact) mass is 799 g/mol. The van der Waals surface area contributed by atoms with Crippen LogP contribution in [-0.4, -0.2) is 74.5 Å². The Kier molecular flexibility index (Phi) is 36.0. The molecular formula is C44H82NO7P2+. The van der Waals surface area contributed by atoms with Crippen LogP contribution in [0.25, 0.3) is 0 Å². The summed E-state index contributed by atoms with van der Waals surface area (Å²) in [5.74, 6) is -0.788. The molecule has 0 bridgehead atoms. The van der Waals surface area contributed by atoms with E-state index in [0.717, 1.165) is 51.5 Å². The van der Waals surface area contributed by atoms with E-state index in [0.29, 0.717) is 23.5 Å². The van der Waals surface area contributed by atoms with Crippen LogP contribution in [0.1, 0.15) is 168 Å². The topological polar surface area (TPSA) is 99.1 Å². The SMILES string of the molecule is CCCCCC=CCC=CCC=CCC=CCCCC(=O)OC(COC(=O)CCCCCCCCCCCCCCC)COP(=O)(O)PCC[N+](C)(C)C. The Morgan fingerprint density at radius 2 is 1.06 bits per heavy atom. The second-order valence-electron chi connectivity index (χ2n) is 15.5. The molecule has 0 fully saturated rings. The van der Waals surface area contributed by atoms with Gasteiger partial charge in [-0.1, -0.05) is 152 Å². The van der Waals surface area contributed by atoms with Crippen molar-refractivity contribution < 1.29 is 37.5 Å². The van der Waals surface area contributed by atoms with Crippen molar-refractivity contribution in [1.29, 1.82) is 0 Å². The molecule has 0 saturated heterocycles. The van der Waals surface area contributed by atoms with Gasteiger partial charge in [0.25, 0.3) is 0 Å². The van der Waals surface area contributed by atoms with E-state index < -0.39 is 19.4 Å². The lowest BCUT2D eigenvalue weighted by Gasteiger charge is -2.24. The van der Waals surface area contributed by atoms with Crippen molar-refractivity contribution in [2.75, 3.05) is 47.1 Å². The highest BCUT2D eigenvalue weighted by molar-refractivity contribution is 8.19. The Morgan fingerprint density at radius 1 is 0.611 bits per heavy atom. The number of hydrogen-bond acceptors (Lipinski definition) is 6. The number of esters is 2. The number of carbonyl (C=O) groups excluding carboxylic acids is 2. The van der Waals surface area contributed by atoms with Crippen molar-refractivity contribution in [2.45, 2.75) is 174 Å². The van der Waals surface area contributed by atoms with Crippen LogP contribution in [0.15, 0.2) is 48.6 Å². The number of allylic oxidation sites excluding steroid dienone is 8. The van der Waals surface area contributed by atoms with Crippen molar-refractivity contribution >= 4 is 27.5 Å². The van der Waals surface area contributed by atoms with Crippen LogP contribution in [0.4, 0.5) is 0 Å². The van der Waals surface area contributed by atoms with Crippen molar-refractivity contribution in [3.05, 3.63) is 48.6 Å². The van der Waals surface area contributed by atoms with Crippen molar-refractivity contribution in [3.63, 3.8) is 0 Å². The minimum atomic E-state index is -3.86. The van der Waals surface area contributed by atoms with Gasteiger partial charge >= 0.3 is 19.2 Å². The van der Waals surface area contributed by atoms with Crippen LogP contribution in [-0.2, 0) is 28.2 Å². The molecule has 3 atom stereocenters. The zero-order valence-electron chi connectivity index (χ0n) is 35.3. The van der Waals surface area contributed by atoms with Gasteiger partial charge in [0.05, 0.1) is 34.3 Å². The third-order valence-electron chi connectivity index (χ3n) is 8.95. The first-order chi connectivity index (χ1) is 26.0. The van der Waals surface area contributed by atoms with Crippen LogP contribution in [0.5, 0.6) is 0 Å². The molecule has 1 N–H and O–H groups in total. The van der Waals surface area contributed by atoms with Gasteiger partial charge in [-0.3, -0.25) is 14.2 Å². The summed E-state index contributed by atoms with van der Waals surface area (Å²) in [6.45, 7) is 4.73. The van der Waals surface area contributed by atoms with E-state index in [2.05, 4.69) is 62.5 Å². The molecule has 0 aromatic rings. The highest BCUT2D eigenvalue weighted by Crippen LogP contribution is 2.60. The summed E-state index contributed by atoms with van der Waals surface area (Å²) in [7, 11) is 1.95. The minimum Gasteiger partial charge on any atom is -0.462 e. The third kappa shape index (κ3) is 40.1. The van der Waals surface area contributed by atoms with E-state index in [1.54, 1.807) is 0 Å². The van der Waals surface area contributed by atoms with Crippen LogP contribution in [0.3, 0.4) is 0 Å². The molecular weight excluding hydrogens is 716 g/mol. The van der Waals surface area contributed by atoms with Gasteiger partial charge in [0.15, 0.2) is 6.10 Å². The fraction of sp³-hybridized carbons (Fsp3) is 0.773. The maximum absolute atomic E-state index is 12.7. The molecule has 0 amide bonds. The molecule has 3 unspecified atom stereocenters. The Hall–Kier alpha value is -1.56. The van der Waals surface area contributed by atoms with E-state index >= 15 is 0 Å². The molecule has 0 heterocycles. The molecule has 0 saturated carbocycles. The molecule has 314 valence electrons. The first-order valence-electron chi connectivity index (χ1n) is 21.5. The zero-order valence-corrected chi connectivity index (χ0v) is 37.2. The minimum absolute atomic E-state index is 0.192. The Morgan fingerprint density at radius 3 is 1.57 bits per heavy atom. The zero-order chi connectivity index (χ0) is 40.0. The first kappa shape index (κ1) is 52.4. The van der Waals surface area contributed by atoms with Gasteiger partial charge in [-0.25, -0.2) is 0 Å². The Balaban J connectivity index is 4.49. The molecule has 54 heavy (non-hydrogen) atoms. The van der Waals surface area contributed by atoms with Gasteiger partial charge in [-0.05, 0) is 51.4 Å². The molecule has 0 aliphatic rings. The number of rotatable bonds is 38. The quantitative estimate of drug-likeness (QED) is 0.0218. The summed E-state index contributed by atoms with van der Waals surface area (Å²) < 4.78 is 29.8. The van der Waals surface area contributed by atoms with Gasteiger partial charge in [-0.15, -0.1) is 0 Å². The fourth-order valence-electron chi connectivity index (χ4n) is 5.59. The molecule has 0 spiro atoms. The second-order valence-corrected chi connectivity index (χ2v) is 20.3. The predicted octanol–water partition coefficient (Wildman–Crippen LogP) is 12.6. The van der Waals surface area contributed by atoms with E-state index in [9.17, 15) is 19.0 Å². The molecule has 0 aliphatic carbocycles. The fourth-order valence-corrected chi connectivity index (χ4v) is 8.75. The summed E-state index contributed by atoms with van der Waals surface area (Å²) >= 11 is 0. The number of nitrogens with zero attached hydrogens (tertiary/aromatic N) is 1. The van der Waals surface area contributed by atoms with Gasteiger partial charge in [-0.2, -0.15) is 0 Å². The molecule has 0 aliphatic heterocycles. The van der Waals surface area contributed by atoms with Gasteiger partial charge in [0.1, 0.15) is 6.61 Å². The maximum Gasteiger partial charge on any atom is 0.344 e. The number of unbranched alkanes of at least 4 members (excludes halogenated alkanes) is 16. The Labute approximate surface area is 333 Å². The van der Waals surface area contributed by atoms with E-state index in [4.69, 9.17) is 14.0 Å². The van der Waals surface area contributed by atoms with E-state index in [1.165, 1.54) is 89.9 Å². The predicted molar refractivity (Wildman–Crippen MR) is 231 cm³/mol. The van der Waals surface area contributed by atoms with Gasteiger partial charge in [0.2, 0.25) is 0 Å². The van der Waals surface area contributed by atoms with Crippen molar-refractivity contribution in [3.8, 4) is 0 Å². The standard InChI is InChI=1S/C44H81NO7P2/c1-6-8-10-12-14-16-18-20-21-22-23-25-27-29-31-33-35-37-44(47)52-42(41-51-54(48,49)53-39-38-45(3,4)5)40-50-43(46)36-34-32-30-28-26-24-19-17-15-13-11-9-7-2/h14,16,20-21,23,25,29,31,42,53H,6-13,15,17-19,22,24,26-28,30,32-41H2,1-5H3/p+1. The van der Waals surface area contributed by atoms with Crippen molar-refractivity contribution in [2.24, 2.45) is 0 Å². The summed E-state index contributed by atoms with van der Waals surface area (Å²) in [5.41, 5.74) is 0. The lowest BCUT2D eigenvalue weighted by molar-refractivity contribution is -0.867. The van der Waals surface area contributed by atoms with Crippen LogP contribution < -0.4 is 0 Å². The number of hydrogen-bond donors (Lipinski definition) is 1. The molecule has 0 aromatic carbocycles. The first-order valence-corrected chi connectivity index (χ1v) is 25.1. The van der Waals surface area contributed by atoms with Crippen LogP contribution in [0.2, 0.25) is 0 Å². The maximum atomic E-state index is 12.7. The average Bonchev–Trinajstić information content (AvgIpc) is 3.12. The normalized spacial score (nSPS) is 14.3. The van der Waals surface area contributed by atoms with Gasteiger partial charge in [0, 0.05) is 27.3 Å². The molecule has 8 nitrogen and oxygen atoms in total. The molecule has 0 aromatic heterocycles. The highest BCUT2D eigenvalue weighted by Gasteiger charge is 2.25. The Bertz CT molecular complexity index is 1070. The summed E-state index contributed by atoms with van der Waals surface area (Å²) in [5, 5.41) is 0. The summed E-state index contributed by atoms with van der Waals surface area (Å²) in [6, 6.07) is 0. The van der Waals surface area contributed by atoms with Crippen LogP contribution >= 0.6 is 15.6 Å². The summed E-state index contributed by atoms with van der Waals surface area (Å²) in [4.78, 5) is 35.6. The lowest BCUT2D eigenvalue weighted by atomic mass is 10.0. The number of quaternary nitrogens is 1. The molecule has 0 rings (SSSR count). The molecule has 10 heteroatoms. The molecule has 0 radical (unpaired) electrons. The smallest absolute Gasteiger partial charge is 0.344 e. The van der Waals surface area contributed by atoms with Gasteiger partial charge < -0.3 is 23.4 Å². The van der Waals surface area contributed by atoms with Crippen molar-refractivity contribution in [1.82, 2.24) is 0 Å². The summed E-state index contributed by atoms with van der Waals surface area (Å²) in [6.07, 6.45) is 42.6. The van der Waals surface area contributed by atoms with E-state index in [1.807, 2.05) is 21.1 Å². The average molecular weight is 799 g/mol. The van der Waals surface area contributed by atoms with E-state index in [-0.39, 0.29) is 33.9 Å². The lowest BCUT2D eigenvalue weighted by Crippen LogP contribution is -2.36. The highest BCUT2D eigenvalue weighted by atomic mass is 32.1. The number of ether oxygens (including phenoxy) is 2. The largest absolute Gasteiger partial charge is 0.462 e.